The van der Waals surface area contributed by atoms with Gasteiger partial charge in [0.05, 0.1) is 13.0 Å². The van der Waals surface area contributed by atoms with Crippen molar-refractivity contribution >= 4 is 17.5 Å². The summed E-state index contributed by atoms with van der Waals surface area (Å²) in [5.74, 6) is 5.47. The number of Topliss-reactive ketones (excluding diaryl/α,β-unsaturated/α-hetero) is 2. The molecule has 1 aromatic carbocycles. The maximum absolute atomic E-state index is 13.3. The average Bonchev–Trinajstić information content (AvgIpc) is 3.22. The molecule has 2 unspecified atom stereocenters. The van der Waals surface area contributed by atoms with Gasteiger partial charge in [-0.3, -0.25) is 14.4 Å². The van der Waals surface area contributed by atoms with Crippen LogP contribution in [-0.2, 0) is 19.1 Å². The summed E-state index contributed by atoms with van der Waals surface area (Å²) in [4.78, 5) is 37.7. The Hall–Kier alpha value is -2.93. The minimum Gasteiger partial charge on any atom is -0.466 e. The fourth-order valence-corrected chi connectivity index (χ4v) is 4.79. The maximum atomic E-state index is 13.3. The largest absolute Gasteiger partial charge is 0.466 e. The van der Waals surface area contributed by atoms with E-state index < -0.39 is 5.41 Å². The highest BCUT2D eigenvalue weighted by molar-refractivity contribution is 6.07. The molecule has 4 heteroatoms. The second-order valence-electron chi connectivity index (χ2n) is 8.38. The molecule has 1 fully saturated rings. The summed E-state index contributed by atoms with van der Waals surface area (Å²) in [5.41, 5.74) is 2.46. The van der Waals surface area contributed by atoms with E-state index in [9.17, 15) is 14.4 Å². The first-order valence-corrected chi connectivity index (χ1v) is 10.5. The first-order valence-electron chi connectivity index (χ1n) is 10.5. The molecule has 3 rings (SSSR count). The second-order valence-corrected chi connectivity index (χ2v) is 8.38. The van der Waals surface area contributed by atoms with Crippen molar-refractivity contribution in [1.82, 2.24) is 0 Å². The molecule has 2 aliphatic rings. The highest BCUT2D eigenvalue weighted by Gasteiger charge is 2.51. The van der Waals surface area contributed by atoms with E-state index >= 15 is 0 Å². The Morgan fingerprint density at radius 1 is 1.27 bits per heavy atom. The smallest absolute Gasteiger partial charge is 0.309 e. The van der Waals surface area contributed by atoms with Crippen molar-refractivity contribution in [1.29, 1.82) is 0 Å². The summed E-state index contributed by atoms with van der Waals surface area (Å²) in [5, 5.41) is 0. The third-order valence-electron chi connectivity index (χ3n) is 6.01. The summed E-state index contributed by atoms with van der Waals surface area (Å²) < 4.78 is 5.08. The summed E-state index contributed by atoms with van der Waals surface area (Å²) in [6, 6.07) is 9.44. The Morgan fingerprint density at radius 2 is 2.00 bits per heavy atom. The number of hydrogen-bond acceptors (Lipinski definition) is 4. The Labute approximate surface area is 178 Å². The van der Waals surface area contributed by atoms with Crippen LogP contribution in [0.15, 0.2) is 53.6 Å². The molecule has 0 radical (unpaired) electrons. The van der Waals surface area contributed by atoms with Crippen molar-refractivity contribution in [3.05, 3.63) is 59.2 Å². The number of ether oxygens (including phenoxy) is 1. The Morgan fingerprint density at radius 3 is 2.67 bits per heavy atom. The van der Waals surface area contributed by atoms with E-state index in [-0.39, 0.29) is 29.9 Å². The van der Waals surface area contributed by atoms with E-state index in [1.807, 2.05) is 37.3 Å². The van der Waals surface area contributed by atoms with Crippen LogP contribution in [0, 0.1) is 23.2 Å². The Bertz CT molecular complexity index is 958. The number of benzene rings is 1. The summed E-state index contributed by atoms with van der Waals surface area (Å²) >= 11 is 0. The molecule has 1 saturated carbocycles. The van der Waals surface area contributed by atoms with Gasteiger partial charge in [-0.1, -0.05) is 30.7 Å². The zero-order chi connectivity index (χ0) is 21.7. The highest BCUT2D eigenvalue weighted by Crippen LogP contribution is 2.54. The van der Waals surface area contributed by atoms with Crippen LogP contribution in [0.25, 0.3) is 0 Å². The van der Waals surface area contributed by atoms with Gasteiger partial charge in [-0.05, 0) is 74.6 Å². The Kier molecular flexibility index (Phi) is 6.72. The number of hydrogen-bond donors (Lipinski definition) is 0. The second kappa shape index (κ2) is 9.26. The van der Waals surface area contributed by atoms with Gasteiger partial charge in [-0.2, -0.15) is 0 Å². The minimum atomic E-state index is -0.506. The molecule has 0 heterocycles. The number of ketones is 2. The van der Waals surface area contributed by atoms with Gasteiger partial charge < -0.3 is 4.74 Å². The van der Waals surface area contributed by atoms with E-state index in [1.165, 1.54) is 0 Å². The van der Waals surface area contributed by atoms with Gasteiger partial charge in [0.2, 0.25) is 5.78 Å². The molecule has 0 N–H and O–H groups in total. The SMILES string of the molecule is C=C(C)C1=C(CC(=O)OCC)CC2(CCC(CC(=O)C#Cc3ccccc3)C2)C1=O. The minimum absolute atomic E-state index is 0.0830. The zero-order valence-corrected chi connectivity index (χ0v) is 17.8. The third-order valence-corrected chi connectivity index (χ3v) is 6.01. The van der Waals surface area contributed by atoms with E-state index in [4.69, 9.17) is 4.74 Å². The molecule has 0 saturated heterocycles. The van der Waals surface area contributed by atoms with Crippen molar-refractivity contribution < 1.29 is 19.1 Å². The molecule has 0 amide bonds. The first-order chi connectivity index (χ1) is 14.3. The van der Waals surface area contributed by atoms with E-state index in [2.05, 4.69) is 18.4 Å². The first kappa shape index (κ1) is 21.8. The third kappa shape index (κ3) is 4.79. The van der Waals surface area contributed by atoms with Crippen molar-refractivity contribution in [2.45, 2.75) is 52.4 Å². The van der Waals surface area contributed by atoms with Gasteiger partial charge in [0.25, 0.3) is 0 Å². The van der Waals surface area contributed by atoms with Crippen LogP contribution in [0.5, 0.6) is 0 Å². The molecular weight excluding hydrogens is 376 g/mol. The van der Waals surface area contributed by atoms with Crippen LogP contribution >= 0.6 is 0 Å². The molecule has 156 valence electrons. The maximum Gasteiger partial charge on any atom is 0.309 e. The van der Waals surface area contributed by atoms with E-state index in [0.717, 1.165) is 24.0 Å². The van der Waals surface area contributed by atoms with Gasteiger partial charge >= 0.3 is 5.97 Å². The van der Waals surface area contributed by atoms with Gasteiger partial charge in [0, 0.05) is 23.0 Å². The molecule has 1 spiro atoms. The molecule has 30 heavy (non-hydrogen) atoms. The van der Waals surface area contributed by atoms with Crippen molar-refractivity contribution in [2.24, 2.45) is 11.3 Å². The van der Waals surface area contributed by atoms with Crippen LogP contribution in [0.4, 0.5) is 0 Å². The van der Waals surface area contributed by atoms with Gasteiger partial charge in [-0.25, -0.2) is 0 Å². The van der Waals surface area contributed by atoms with Crippen molar-refractivity contribution in [3.8, 4) is 11.8 Å². The summed E-state index contributed by atoms with van der Waals surface area (Å²) in [6.07, 6.45) is 3.28. The highest BCUT2D eigenvalue weighted by atomic mass is 16.5. The molecule has 0 bridgehead atoms. The van der Waals surface area contributed by atoms with E-state index in [0.29, 0.717) is 37.0 Å². The number of carbonyl (C=O) groups excluding carboxylic acids is 3. The monoisotopic (exact) mass is 404 g/mol. The zero-order valence-electron chi connectivity index (χ0n) is 17.8. The number of esters is 1. The van der Waals surface area contributed by atoms with Crippen LogP contribution < -0.4 is 0 Å². The van der Waals surface area contributed by atoms with Gasteiger partial charge in [0.15, 0.2) is 5.78 Å². The lowest BCUT2D eigenvalue weighted by Crippen LogP contribution is -2.25. The fraction of sp³-hybridized carbons (Fsp3) is 0.423. The predicted octanol–water partition coefficient (Wildman–Crippen LogP) is 4.58. The van der Waals surface area contributed by atoms with Crippen LogP contribution in [0.3, 0.4) is 0 Å². The number of rotatable bonds is 6. The molecular formula is C26H28O4. The molecule has 0 aromatic heterocycles. The molecule has 1 aromatic rings. The number of allylic oxidation sites excluding steroid dienone is 2. The summed E-state index contributed by atoms with van der Waals surface area (Å²) in [6.45, 7) is 7.87. The van der Waals surface area contributed by atoms with Crippen molar-refractivity contribution in [2.75, 3.05) is 6.61 Å². The lowest BCUT2D eigenvalue weighted by molar-refractivity contribution is -0.142. The lowest BCUT2D eigenvalue weighted by atomic mass is 9.79. The van der Waals surface area contributed by atoms with Crippen molar-refractivity contribution in [3.63, 3.8) is 0 Å². The topological polar surface area (TPSA) is 60.4 Å². The summed E-state index contributed by atoms with van der Waals surface area (Å²) in [7, 11) is 0. The van der Waals surface area contributed by atoms with Gasteiger partial charge in [0.1, 0.15) is 0 Å². The van der Waals surface area contributed by atoms with E-state index in [1.54, 1.807) is 6.92 Å². The lowest BCUT2D eigenvalue weighted by Gasteiger charge is -2.22. The van der Waals surface area contributed by atoms with Gasteiger partial charge in [-0.15, -0.1) is 0 Å². The van der Waals surface area contributed by atoms with Crippen LogP contribution in [0.2, 0.25) is 0 Å². The standard InChI is InChI=1S/C26H28O4/c1-4-30-23(28)15-21-17-26(25(29)24(21)18(2)3)13-12-20(16-26)14-22(27)11-10-19-8-6-5-7-9-19/h5-9,20H,2,4,12-17H2,1,3H3. The molecule has 0 aliphatic heterocycles. The molecule has 2 aliphatic carbocycles. The fourth-order valence-electron chi connectivity index (χ4n) is 4.79. The number of carbonyl (C=O) groups is 3. The van der Waals surface area contributed by atoms with Crippen LogP contribution in [0.1, 0.15) is 57.9 Å². The Balaban J connectivity index is 1.67. The quantitative estimate of drug-likeness (QED) is 0.514. The normalized spacial score (nSPS) is 22.7. The predicted molar refractivity (Wildman–Crippen MR) is 115 cm³/mol. The molecule has 2 atom stereocenters. The molecule has 4 nitrogen and oxygen atoms in total. The van der Waals surface area contributed by atoms with Crippen LogP contribution in [-0.4, -0.2) is 24.1 Å². The average molecular weight is 405 g/mol.